The van der Waals surface area contributed by atoms with Gasteiger partial charge in [0.15, 0.2) is 0 Å². The van der Waals surface area contributed by atoms with Crippen molar-refractivity contribution in [3.8, 4) is 17.2 Å². The number of aryl methyl sites for hydroxylation is 2. The van der Waals surface area contributed by atoms with Gasteiger partial charge in [-0.15, -0.1) is 0 Å². The summed E-state index contributed by atoms with van der Waals surface area (Å²) in [7, 11) is 1.93. The van der Waals surface area contributed by atoms with Crippen LogP contribution in [0.4, 0.5) is 11.8 Å². The molecule has 0 aliphatic heterocycles. The van der Waals surface area contributed by atoms with Gasteiger partial charge in [-0.05, 0) is 79.7 Å². The topological polar surface area (TPSA) is 99.6 Å². The number of nitrogens with two attached hydrogens (primary N) is 1. The highest BCUT2D eigenvalue weighted by molar-refractivity contribution is 6.00. The van der Waals surface area contributed by atoms with E-state index in [1.165, 1.54) is 5.70 Å². The van der Waals surface area contributed by atoms with E-state index >= 15 is 0 Å². The normalized spacial score (nSPS) is 13.8. The van der Waals surface area contributed by atoms with Crippen molar-refractivity contribution in [3.05, 3.63) is 76.6 Å². The smallest absolute Gasteiger partial charge is 0.229 e. The van der Waals surface area contributed by atoms with Crippen molar-refractivity contribution >= 4 is 28.2 Å². The first-order valence-corrected chi connectivity index (χ1v) is 11.0. The zero-order valence-corrected chi connectivity index (χ0v) is 19.5. The summed E-state index contributed by atoms with van der Waals surface area (Å²) in [5, 5.41) is 16.4. The minimum absolute atomic E-state index is 0.451. The summed E-state index contributed by atoms with van der Waals surface area (Å²) in [4.78, 5) is 9.39. The van der Waals surface area contributed by atoms with E-state index in [-0.39, 0.29) is 0 Å². The lowest BCUT2D eigenvalue weighted by Crippen LogP contribution is -2.12. The molecule has 2 aromatic carbocycles. The lowest BCUT2D eigenvalue weighted by atomic mass is 9.90. The molecule has 166 valence electrons. The van der Waals surface area contributed by atoms with E-state index in [0.29, 0.717) is 11.8 Å². The Kier molecular flexibility index (Phi) is 6.14. The molecule has 1 aliphatic rings. The summed E-state index contributed by atoms with van der Waals surface area (Å²) in [6.07, 6.45) is 7.51. The zero-order valence-electron chi connectivity index (χ0n) is 19.5. The third-order valence-corrected chi connectivity index (χ3v) is 6.04. The molecule has 0 amide bonds. The van der Waals surface area contributed by atoms with Crippen molar-refractivity contribution in [1.29, 1.82) is 5.26 Å². The molecule has 1 aromatic heterocycles. The van der Waals surface area contributed by atoms with Crippen molar-refractivity contribution < 1.29 is 0 Å². The third kappa shape index (κ3) is 4.44. The van der Waals surface area contributed by atoms with Crippen LogP contribution in [0.25, 0.3) is 27.6 Å². The Morgan fingerprint density at radius 1 is 1.09 bits per heavy atom. The van der Waals surface area contributed by atoms with Crippen LogP contribution in [0.1, 0.15) is 36.5 Å². The molecule has 0 bridgehead atoms. The highest BCUT2D eigenvalue weighted by Crippen LogP contribution is 2.36. The Hall–Kier alpha value is -4.11. The SMILES string of the molecule is CNC1=CC=C(Nc2nc(N)c3cccc(-c4c(C)cc(/C(C)=C/C#N)cc4C)c3n2)CC1. The predicted octanol–water partition coefficient (Wildman–Crippen LogP) is 5.62. The number of hydrogen-bond acceptors (Lipinski definition) is 6. The Bertz CT molecular complexity index is 1350. The largest absolute Gasteiger partial charge is 0.391 e. The van der Waals surface area contributed by atoms with Crippen LogP contribution < -0.4 is 16.4 Å². The van der Waals surface area contributed by atoms with Gasteiger partial charge in [0.25, 0.3) is 0 Å². The third-order valence-electron chi connectivity index (χ3n) is 6.04. The Morgan fingerprint density at radius 3 is 2.42 bits per heavy atom. The molecule has 0 radical (unpaired) electrons. The summed E-state index contributed by atoms with van der Waals surface area (Å²) >= 11 is 0. The van der Waals surface area contributed by atoms with E-state index in [0.717, 1.165) is 62.8 Å². The quantitative estimate of drug-likeness (QED) is 0.449. The standard InChI is InChI=1S/C27H28N6/c1-16(12-13-28)19-14-17(2)24(18(3)15-19)22-6-5-7-23-25(22)32-27(33-26(23)29)31-21-10-8-20(30-4)9-11-21/h5-8,10,12,14-15,30H,9,11H2,1-4H3,(H3,29,31,32,33)/b16-12+. The minimum atomic E-state index is 0.451. The molecule has 6 nitrogen and oxygen atoms in total. The van der Waals surface area contributed by atoms with Gasteiger partial charge < -0.3 is 16.4 Å². The number of nitrogens with one attached hydrogen (secondary N) is 2. The average molecular weight is 437 g/mol. The first-order valence-electron chi connectivity index (χ1n) is 11.0. The monoisotopic (exact) mass is 436 g/mol. The summed E-state index contributed by atoms with van der Waals surface area (Å²) in [6.45, 7) is 6.13. The maximum absolute atomic E-state index is 9.01. The number of nitrogens with zero attached hydrogens (tertiary/aromatic N) is 3. The second kappa shape index (κ2) is 9.17. The van der Waals surface area contributed by atoms with Crippen LogP contribution in [0.3, 0.4) is 0 Å². The number of nitrogen functional groups attached to an aromatic ring is 1. The molecule has 1 aliphatic carbocycles. The number of fused-ring (bicyclic) bond motifs is 1. The van der Waals surface area contributed by atoms with Crippen molar-refractivity contribution in [2.45, 2.75) is 33.6 Å². The van der Waals surface area contributed by atoms with Crippen LogP contribution in [0.5, 0.6) is 0 Å². The van der Waals surface area contributed by atoms with Gasteiger partial charge in [-0.1, -0.05) is 24.3 Å². The predicted molar refractivity (Wildman–Crippen MR) is 136 cm³/mol. The lowest BCUT2D eigenvalue weighted by Gasteiger charge is -2.18. The maximum atomic E-state index is 9.01. The fourth-order valence-electron chi connectivity index (χ4n) is 4.32. The molecular weight excluding hydrogens is 408 g/mol. The van der Waals surface area contributed by atoms with Gasteiger partial charge in [0.2, 0.25) is 5.95 Å². The Labute approximate surface area is 194 Å². The number of hydrogen-bond donors (Lipinski definition) is 3. The molecule has 0 saturated heterocycles. The molecule has 3 aromatic rings. The molecule has 4 rings (SSSR count). The van der Waals surface area contributed by atoms with Crippen molar-refractivity contribution in [2.24, 2.45) is 0 Å². The van der Waals surface area contributed by atoms with Crippen LogP contribution in [-0.2, 0) is 0 Å². The van der Waals surface area contributed by atoms with Gasteiger partial charge >= 0.3 is 0 Å². The van der Waals surface area contributed by atoms with Gasteiger partial charge in [0.1, 0.15) is 5.82 Å². The van der Waals surface area contributed by atoms with E-state index < -0.39 is 0 Å². The molecule has 0 spiro atoms. The maximum Gasteiger partial charge on any atom is 0.229 e. The van der Waals surface area contributed by atoms with Crippen LogP contribution in [0.2, 0.25) is 0 Å². The molecule has 0 unspecified atom stereocenters. The van der Waals surface area contributed by atoms with Crippen LogP contribution >= 0.6 is 0 Å². The second-order valence-electron chi connectivity index (χ2n) is 8.33. The summed E-state index contributed by atoms with van der Waals surface area (Å²) in [5.41, 5.74) is 15.8. The van der Waals surface area contributed by atoms with Crippen LogP contribution in [0.15, 0.2) is 60.0 Å². The summed E-state index contributed by atoms with van der Waals surface area (Å²) in [5.74, 6) is 0.951. The number of benzene rings is 2. The number of anilines is 2. The van der Waals surface area contributed by atoms with Gasteiger partial charge in [0, 0.05) is 35.5 Å². The molecule has 6 heteroatoms. The summed E-state index contributed by atoms with van der Waals surface area (Å²) < 4.78 is 0. The molecule has 33 heavy (non-hydrogen) atoms. The van der Waals surface area contributed by atoms with Crippen molar-refractivity contribution in [2.75, 3.05) is 18.1 Å². The van der Waals surface area contributed by atoms with E-state index in [4.69, 9.17) is 16.0 Å². The molecule has 1 heterocycles. The summed E-state index contributed by atoms with van der Waals surface area (Å²) in [6, 6.07) is 12.4. The number of allylic oxidation sites excluding steroid dienone is 6. The Balaban J connectivity index is 1.81. The average Bonchev–Trinajstić information content (AvgIpc) is 2.79. The highest BCUT2D eigenvalue weighted by atomic mass is 15.1. The van der Waals surface area contributed by atoms with Gasteiger partial charge in [0.05, 0.1) is 11.6 Å². The molecule has 4 N–H and O–H groups in total. The zero-order chi connectivity index (χ0) is 23.5. The first kappa shape index (κ1) is 22.1. The van der Waals surface area contributed by atoms with E-state index in [2.05, 4.69) is 65.9 Å². The van der Waals surface area contributed by atoms with E-state index in [1.54, 1.807) is 6.08 Å². The van der Waals surface area contributed by atoms with E-state index in [9.17, 15) is 0 Å². The molecule has 0 atom stereocenters. The fourth-order valence-corrected chi connectivity index (χ4v) is 4.32. The van der Waals surface area contributed by atoms with Crippen molar-refractivity contribution in [3.63, 3.8) is 0 Å². The molecule has 0 saturated carbocycles. The van der Waals surface area contributed by atoms with E-state index in [1.807, 2.05) is 26.1 Å². The van der Waals surface area contributed by atoms with Gasteiger partial charge in [-0.25, -0.2) is 4.98 Å². The number of para-hydroxylation sites is 1. The Morgan fingerprint density at radius 2 is 1.79 bits per heavy atom. The number of nitriles is 1. The second-order valence-corrected chi connectivity index (χ2v) is 8.33. The first-order chi connectivity index (χ1) is 15.9. The van der Waals surface area contributed by atoms with Gasteiger partial charge in [-0.3, -0.25) is 0 Å². The number of rotatable bonds is 5. The van der Waals surface area contributed by atoms with Crippen LogP contribution in [-0.4, -0.2) is 17.0 Å². The molecular formula is C27H28N6. The molecule has 0 fully saturated rings. The minimum Gasteiger partial charge on any atom is -0.391 e. The van der Waals surface area contributed by atoms with Crippen LogP contribution in [0, 0.1) is 25.2 Å². The number of aromatic nitrogens is 2. The highest BCUT2D eigenvalue weighted by Gasteiger charge is 2.16. The fraction of sp³-hybridized carbons (Fsp3) is 0.222. The van der Waals surface area contributed by atoms with Gasteiger partial charge in [-0.2, -0.15) is 10.2 Å². The van der Waals surface area contributed by atoms with Crippen molar-refractivity contribution in [1.82, 2.24) is 15.3 Å². The lowest BCUT2D eigenvalue weighted by molar-refractivity contribution is 0.815.